The van der Waals surface area contributed by atoms with Crippen molar-refractivity contribution in [3.05, 3.63) is 33.8 Å². The molecular formula is C9H11Cl2NO. The maximum atomic E-state index is 9.02. The van der Waals surface area contributed by atoms with Crippen molar-refractivity contribution in [3.8, 4) is 0 Å². The summed E-state index contributed by atoms with van der Waals surface area (Å²) in [5.41, 5.74) is 0.857. The van der Waals surface area contributed by atoms with Gasteiger partial charge in [0, 0.05) is 10.0 Å². The number of likely N-dealkylation sites (N-methyl/N-ethyl adjacent to an activating group) is 1. The summed E-state index contributed by atoms with van der Waals surface area (Å²) in [6, 6.07) is 5.09. The van der Waals surface area contributed by atoms with Crippen molar-refractivity contribution in [2.24, 2.45) is 0 Å². The van der Waals surface area contributed by atoms with Crippen LogP contribution in [0.25, 0.3) is 0 Å². The van der Waals surface area contributed by atoms with Crippen molar-refractivity contribution in [3.63, 3.8) is 0 Å². The van der Waals surface area contributed by atoms with Gasteiger partial charge in [-0.1, -0.05) is 29.3 Å². The van der Waals surface area contributed by atoms with Crippen molar-refractivity contribution in [1.82, 2.24) is 5.32 Å². The average Bonchev–Trinajstić information content (AvgIpc) is 2.10. The minimum absolute atomic E-state index is 0.0118. The lowest BCUT2D eigenvalue weighted by molar-refractivity contribution is 0.251. The number of aliphatic hydroxyl groups is 1. The molecule has 1 aromatic rings. The van der Waals surface area contributed by atoms with Crippen LogP contribution in [0.4, 0.5) is 0 Å². The van der Waals surface area contributed by atoms with Crippen molar-refractivity contribution in [1.29, 1.82) is 0 Å². The molecule has 1 rings (SSSR count). The monoisotopic (exact) mass is 219 g/mol. The predicted molar refractivity (Wildman–Crippen MR) is 55.3 cm³/mol. The molecular weight excluding hydrogens is 209 g/mol. The van der Waals surface area contributed by atoms with Gasteiger partial charge in [0.15, 0.2) is 0 Å². The average molecular weight is 220 g/mol. The molecule has 0 amide bonds. The lowest BCUT2D eigenvalue weighted by atomic mass is 10.1. The topological polar surface area (TPSA) is 32.3 Å². The molecule has 0 bridgehead atoms. The Balaban J connectivity index is 2.99. The summed E-state index contributed by atoms with van der Waals surface area (Å²) in [6.07, 6.45) is 0. The number of aliphatic hydroxyl groups excluding tert-OH is 1. The largest absolute Gasteiger partial charge is 0.394 e. The summed E-state index contributed by atoms with van der Waals surface area (Å²) in [5.74, 6) is 0. The Morgan fingerprint density at radius 3 is 2.62 bits per heavy atom. The number of hydrogen-bond donors (Lipinski definition) is 2. The van der Waals surface area contributed by atoms with Crippen LogP contribution >= 0.6 is 23.2 Å². The van der Waals surface area contributed by atoms with Gasteiger partial charge in [0.1, 0.15) is 0 Å². The van der Waals surface area contributed by atoms with Crippen LogP contribution in [0.1, 0.15) is 11.6 Å². The second-order valence-corrected chi connectivity index (χ2v) is 3.53. The first-order chi connectivity index (χ1) is 6.19. The zero-order valence-corrected chi connectivity index (χ0v) is 8.73. The molecule has 0 unspecified atom stereocenters. The van der Waals surface area contributed by atoms with E-state index < -0.39 is 0 Å². The number of halogens is 2. The van der Waals surface area contributed by atoms with E-state index in [2.05, 4.69) is 5.32 Å². The van der Waals surface area contributed by atoms with E-state index in [4.69, 9.17) is 28.3 Å². The summed E-state index contributed by atoms with van der Waals surface area (Å²) >= 11 is 11.7. The molecule has 13 heavy (non-hydrogen) atoms. The molecule has 1 atom stereocenters. The number of hydrogen-bond acceptors (Lipinski definition) is 2. The van der Waals surface area contributed by atoms with Gasteiger partial charge in [-0.05, 0) is 24.7 Å². The molecule has 0 fully saturated rings. The fraction of sp³-hybridized carbons (Fsp3) is 0.333. The molecule has 0 saturated heterocycles. The Morgan fingerprint density at radius 2 is 2.15 bits per heavy atom. The fourth-order valence-electron chi connectivity index (χ4n) is 1.13. The van der Waals surface area contributed by atoms with E-state index in [1.165, 1.54) is 0 Å². The van der Waals surface area contributed by atoms with Gasteiger partial charge in [-0.15, -0.1) is 0 Å². The van der Waals surface area contributed by atoms with Crippen LogP contribution in [-0.2, 0) is 0 Å². The minimum atomic E-state index is -0.134. The second kappa shape index (κ2) is 4.82. The van der Waals surface area contributed by atoms with E-state index in [-0.39, 0.29) is 12.6 Å². The molecule has 0 heterocycles. The van der Waals surface area contributed by atoms with Crippen molar-refractivity contribution in [2.75, 3.05) is 13.7 Å². The number of nitrogens with one attached hydrogen (secondary N) is 1. The summed E-state index contributed by atoms with van der Waals surface area (Å²) < 4.78 is 0. The Morgan fingerprint density at radius 1 is 1.46 bits per heavy atom. The highest BCUT2D eigenvalue weighted by molar-refractivity contribution is 6.35. The maximum absolute atomic E-state index is 9.02. The van der Waals surface area contributed by atoms with Gasteiger partial charge in [-0.2, -0.15) is 0 Å². The Bertz CT molecular complexity index is 287. The van der Waals surface area contributed by atoms with Crippen LogP contribution in [0.3, 0.4) is 0 Å². The smallest absolute Gasteiger partial charge is 0.0626 e. The van der Waals surface area contributed by atoms with E-state index >= 15 is 0 Å². The minimum Gasteiger partial charge on any atom is -0.394 e. The van der Waals surface area contributed by atoms with Crippen LogP contribution in [0, 0.1) is 0 Å². The van der Waals surface area contributed by atoms with Crippen molar-refractivity contribution in [2.45, 2.75) is 6.04 Å². The highest BCUT2D eigenvalue weighted by atomic mass is 35.5. The normalized spacial score (nSPS) is 12.9. The Hall–Kier alpha value is -0.280. The third-order valence-corrected chi connectivity index (χ3v) is 2.43. The summed E-state index contributed by atoms with van der Waals surface area (Å²) in [7, 11) is 1.77. The van der Waals surface area contributed by atoms with Gasteiger partial charge in [0.2, 0.25) is 0 Å². The standard InChI is InChI=1S/C9H11Cl2NO/c1-12-9(5-13)7-3-2-6(10)4-8(7)11/h2-4,9,12-13H,5H2,1H3/t9-/m1/s1. The third kappa shape index (κ3) is 2.58. The van der Waals surface area contributed by atoms with Crippen LogP contribution < -0.4 is 5.32 Å². The molecule has 0 saturated carbocycles. The van der Waals surface area contributed by atoms with E-state index in [0.717, 1.165) is 5.56 Å². The van der Waals surface area contributed by atoms with Crippen molar-refractivity contribution < 1.29 is 5.11 Å². The van der Waals surface area contributed by atoms with Crippen LogP contribution in [0.2, 0.25) is 10.0 Å². The molecule has 1 aromatic carbocycles. The van der Waals surface area contributed by atoms with E-state index in [9.17, 15) is 0 Å². The highest BCUT2D eigenvalue weighted by Gasteiger charge is 2.11. The summed E-state index contributed by atoms with van der Waals surface area (Å²) in [4.78, 5) is 0. The Labute approximate surface area is 87.5 Å². The zero-order valence-electron chi connectivity index (χ0n) is 7.22. The first-order valence-electron chi connectivity index (χ1n) is 3.92. The number of rotatable bonds is 3. The fourth-order valence-corrected chi connectivity index (χ4v) is 1.67. The lowest BCUT2D eigenvalue weighted by Crippen LogP contribution is -2.20. The molecule has 4 heteroatoms. The highest BCUT2D eigenvalue weighted by Crippen LogP contribution is 2.25. The van der Waals surface area contributed by atoms with Crippen molar-refractivity contribution >= 4 is 23.2 Å². The molecule has 0 radical (unpaired) electrons. The van der Waals surface area contributed by atoms with Crippen LogP contribution in [0.15, 0.2) is 18.2 Å². The quantitative estimate of drug-likeness (QED) is 0.818. The third-order valence-electron chi connectivity index (χ3n) is 1.87. The molecule has 72 valence electrons. The molecule has 2 nitrogen and oxygen atoms in total. The summed E-state index contributed by atoms with van der Waals surface area (Å²) in [5, 5.41) is 13.1. The Kier molecular flexibility index (Phi) is 4.00. The molecule has 0 aliphatic heterocycles. The lowest BCUT2D eigenvalue weighted by Gasteiger charge is -2.14. The SMILES string of the molecule is CN[C@H](CO)c1ccc(Cl)cc1Cl. The van der Waals surface area contributed by atoms with Gasteiger partial charge in [-0.3, -0.25) is 0 Å². The molecule has 0 aliphatic rings. The van der Waals surface area contributed by atoms with Crippen LogP contribution in [-0.4, -0.2) is 18.8 Å². The first-order valence-corrected chi connectivity index (χ1v) is 4.67. The maximum Gasteiger partial charge on any atom is 0.0626 e. The molecule has 0 aromatic heterocycles. The zero-order chi connectivity index (χ0) is 9.84. The molecule has 0 aliphatic carbocycles. The predicted octanol–water partition coefficient (Wildman–Crippen LogP) is 2.25. The van der Waals surface area contributed by atoms with Crippen LogP contribution in [0.5, 0.6) is 0 Å². The van der Waals surface area contributed by atoms with Gasteiger partial charge < -0.3 is 10.4 Å². The second-order valence-electron chi connectivity index (χ2n) is 2.69. The van der Waals surface area contributed by atoms with E-state index in [1.807, 2.05) is 6.07 Å². The van der Waals surface area contributed by atoms with Gasteiger partial charge >= 0.3 is 0 Å². The molecule has 2 N–H and O–H groups in total. The summed E-state index contributed by atoms with van der Waals surface area (Å²) in [6.45, 7) is 0.0118. The van der Waals surface area contributed by atoms with Gasteiger partial charge in [0.25, 0.3) is 0 Å². The van der Waals surface area contributed by atoms with E-state index in [1.54, 1.807) is 19.2 Å². The van der Waals surface area contributed by atoms with Gasteiger partial charge in [-0.25, -0.2) is 0 Å². The number of benzene rings is 1. The first kappa shape index (κ1) is 10.8. The molecule has 0 spiro atoms. The van der Waals surface area contributed by atoms with E-state index in [0.29, 0.717) is 10.0 Å². The van der Waals surface area contributed by atoms with Gasteiger partial charge in [0.05, 0.1) is 12.6 Å².